The van der Waals surface area contributed by atoms with Crippen LogP contribution < -0.4 is 5.32 Å². The lowest BCUT2D eigenvalue weighted by molar-refractivity contribution is -0.118. The van der Waals surface area contributed by atoms with Crippen molar-refractivity contribution in [3.8, 4) is 5.69 Å². The van der Waals surface area contributed by atoms with Gasteiger partial charge in [0.1, 0.15) is 6.04 Å². The molecule has 6 nitrogen and oxygen atoms in total. The Labute approximate surface area is 144 Å². The van der Waals surface area contributed by atoms with Crippen LogP contribution in [0.2, 0.25) is 0 Å². The Kier molecular flexibility index (Phi) is 3.78. The minimum absolute atomic E-state index is 0.0917. The first-order valence-electron chi connectivity index (χ1n) is 8.03. The van der Waals surface area contributed by atoms with Crippen LogP contribution in [0.5, 0.6) is 0 Å². The molecule has 25 heavy (non-hydrogen) atoms. The van der Waals surface area contributed by atoms with E-state index in [0.717, 1.165) is 22.4 Å². The van der Waals surface area contributed by atoms with Gasteiger partial charge in [0.25, 0.3) is 0 Å². The minimum Gasteiger partial charge on any atom is -0.324 e. The van der Waals surface area contributed by atoms with Crippen molar-refractivity contribution < 1.29 is 4.79 Å². The van der Waals surface area contributed by atoms with Crippen molar-refractivity contribution in [3.05, 3.63) is 73.6 Å². The highest BCUT2D eigenvalue weighted by Gasteiger charge is 2.17. The van der Waals surface area contributed by atoms with E-state index in [2.05, 4.69) is 15.3 Å². The molecule has 0 radical (unpaired) electrons. The summed E-state index contributed by atoms with van der Waals surface area (Å²) in [7, 11) is 0. The predicted molar refractivity (Wildman–Crippen MR) is 96.6 cm³/mol. The van der Waals surface area contributed by atoms with Crippen molar-refractivity contribution in [2.24, 2.45) is 0 Å². The Balaban J connectivity index is 1.57. The number of imidazole rings is 2. The second-order valence-corrected chi connectivity index (χ2v) is 5.83. The Morgan fingerprint density at radius 1 is 1.12 bits per heavy atom. The number of benzene rings is 2. The molecule has 0 fully saturated rings. The molecule has 1 amide bonds. The van der Waals surface area contributed by atoms with Crippen molar-refractivity contribution in [1.29, 1.82) is 0 Å². The lowest BCUT2D eigenvalue weighted by Gasteiger charge is -2.15. The number of hydrogen-bond acceptors (Lipinski definition) is 3. The van der Waals surface area contributed by atoms with E-state index >= 15 is 0 Å². The van der Waals surface area contributed by atoms with E-state index in [0.29, 0.717) is 0 Å². The molecule has 0 saturated carbocycles. The van der Waals surface area contributed by atoms with E-state index in [1.54, 1.807) is 18.9 Å². The summed E-state index contributed by atoms with van der Waals surface area (Å²) in [4.78, 5) is 21.1. The van der Waals surface area contributed by atoms with Gasteiger partial charge in [-0.05, 0) is 37.3 Å². The number of nitrogens with one attached hydrogen (secondary N) is 1. The number of fused-ring (bicyclic) bond motifs is 1. The van der Waals surface area contributed by atoms with Gasteiger partial charge in [-0.2, -0.15) is 0 Å². The van der Waals surface area contributed by atoms with E-state index in [9.17, 15) is 4.79 Å². The number of anilines is 1. The first-order valence-corrected chi connectivity index (χ1v) is 8.03. The highest BCUT2D eigenvalue weighted by molar-refractivity contribution is 5.94. The molecule has 1 atom stereocenters. The van der Waals surface area contributed by atoms with Crippen molar-refractivity contribution in [3.63, 3.8) is 0 Å². The summed E-state index contributed by atoms with van der Waals surface area (Å²) in [6.45, 7) is 1.86. The number of carbonyl (C=O) groups excluding carboxylic acids is 1. The molecule has 4 rings (SSSR count). The average Bonchev–Trinajstić information content (AvgIpc) is 3.31. The Morgan fingerprint density at radius 2 is 2.00 bits per heavy atom. The van der Waals surface area contributed by atoms with Crippen LogP contribution in [0, 0.1) is 0 Å². The van der Waals surface area contributed by atoms with Gasteiger partial charge in [0.2, 0.25) is 5.91 Å². The fraction of sp³-hybridized carbons (Fsp3) is 0.105. The molecule has 0 spiro atoms. The van der Waals surface area contributed by atoms with Crippen molar-refractivity contribution >= 4 is 22.6 Å². The fourth-order valence-electron chi connectivity index (χ4n) is 2.82. The summed E-state index contributed by atoms with van der Waals surface area (Å²) in [6, 6.07) is 15.1. The molecule has 1 N–H and O–H groups in total. The van der Waals surface area contributed by atoms with Crippen molar-refractivity contribution in [2.75, 3.05) is 5.32 Å². The van der Waals surface area contributed by atoms with Crippen molar-refractivity contribution in [2.45, 2.75) is 13.0 Å². The normalized spacial score (nSPS) is 12.2. The van der Waals surface area contributed by atoms with E-state index in [4.69, 9.17) is 0 Å². The topological polar surface area (TPSA) is 64.7 Å². The monoisotopic (exact) mass is 331 g/mol. The van der Waals surface area contributed by atoms with E-state index in [1.165, 1.54) is 0 Å². The zero-order valence-electron chi connectivity index (χ0n) is 13.7. The molecule has 0 aliphatic carbocycles. The third kappa shape index (κ3) is 2.89. The molecule has 0 aliphatic rings. The Bertz CT molecular complexity index is 1020. The average molecular weight is 331 g/mol. The molecular weight excluding hydrogens is 314 g/mol. The van der Waals surface area contributed by atoms with Gasteiger partial charge in [-0.15, -0.1) is 0 Å². The Hall–Kier alpha value is -3.41. The molecule has 0 saturated heterocycles. The third-order valence-corrected chi connectivity index (χ3v) is 4.19. The molecular formula is C19H17N5O. The number of amides is 1. The summed E-state index contributed by atoms with van der Waals surface area (Å²) < 4.78 is 3.77. The summed E-state index contributed by atoms with van der Waals surface area (Å²) in [6.07, 6.45) is 7.01. The van der Waals surface area contributed by atoms with Crippen LogP contribution in [0.15, 0.2) is 73.6 Å². The summed E-state index contributed by atoms with van der Waals surface area (Å²) in [5.41, 5.74) is 3.50. The molecule has 0 aliphatic heterocycles. The molecule has 124 valence electrons. The van der Waals surface area contributed by atoms with Crippen molar-refractivity contribution in [1.82, 2.24) is 19.1 Å². The molecule has 6 heteroatoms. The van der Waals surface area contributed by atoms with Crippen LogP contribution in [-0.4, -0.2) is 25.0 Å². The summed E-state index contributed by atoms with van der Waals surface area (Å²) in [5.74, 6) is -0.0917. The molecule has 0 bridgehead atoms. The zero-order chi connectivity index (χ0) is 17.2. The minimum atomic E-state index is -0.371. The quantitative estimate of drug-likeness (QED) is 0.623. The first kappa shape index (κ1) is 15.1. The maximum Gasteiger partial charge on any atom is 0.247 e. The molecule has 2 aromatic carbocycles. The predicted octanol–water partition coefficient (Wildman–Crippen LogP) is 3.42. The second kappa shape index (κ2) is 6.24. The highest BCUT2D eigenvalue weighted by Crippen LogP contribution is 2.20. The van der Waals surface area contributed by atoms with Gasteiger partial charge in [-0.1, -0.05) is 18.2 Å². The smallest absolute Gasteiger partial charge is 0.247 e. The molecule has 2 heterocycles. The second-order valence-electron chi connectivity index (χ2n) is 5.83. The van der Waals surface area contributed by atoms with Gasteiger partial charge in [0, 0.05) is 23.8 Å². The lowest BCUT2D eigenvalue weighted by atomic mass is 10.2. The van der Waals surface area contributed by atoms with Gasteiger partial charge in [-0.3, -0.25) is 4.79 Å². The van der Waals surface area contributed by atoms with E-state index in [-0.39, 0.29) is 11.9 Å². The van der Waals surface area contributed by atoms with Crippen LogP contribution >= 0.6 is 0 Å². The number of rotatable bonds is 4. The number of hydrogen-bond donors (Lipinski definition) is 1. The first-order chi connectivity index (χ1) is 12.2. The lowest BCUT2D eigenvalue weighted by Crippen LogP contribution is -2.23. The number of carbonyl (C=O) groups is 1. The van der Waals surface area contributed by atoms with Gasteiger partial charge in [-0.25, -0.2) is 9.97 Å². The van der Waals surface area contributed by atoms with Gasteiger partial charge < -0.3 is 14.5 Å². The molecule has 2 aromatic heterocycles. The maximum absolute atomic E-state index is 12.7. The number of para-hydroxylation sites is 2. The summed E-state index contributed by atoms with van der Waals surface area (Å²) in [5, 5.41) is 2.98. The standard InChI is InChI=1S/C19H17N5O/c1-14(24-13-21-17-7-2-3-8-18(17)24)19(25)22-15-5-4-6-16(11-15)23-10-9-20-12-23/h2-14H,1H3,(H,22,25). The van der Waals surface area contributed by atoms with Crippen LogP contribution in [0.3, 0.4) is 0 Å². The fourth-order valence-corrected chi connectivity index (χ4v) is 2.82. The van der Waals surface area contributed by atoms with Crippen LogP contribution in [-0.2, 0) is 4.79 Å². The van der Waals surface area contributed by atoms with E-state index in [1.807, 2.05) is 70.8 Å². The van der Waals surface area contributed by atoms with Gasteiger partial charge >= 0.3 is 0 Å². The van der Waals surface area contributed by atoms with Crippen LogP contribution in [0.4, 0.5) is 5.69 Å². The third-order valence-electron chi connectivity index (χ3n) is 4.19. The number of aromatic nitrogens is 4. The largest absolute Gasteiger partial charge is 0.324 e. The molecule has 4 aromatic rings. The van der Waals surface area contributed by atoms with Gasteiger partial charge in [0.05, 0.1) is 23.7 Å². The van der Waals surface area contributed by atoms with E-state index < -0.39 is 0 Å². The summed E-state index contributed by atoms with van der Waals surface area (Å²) >= 11 is 0. The SMILES string of the molecule is CC(C(=O)Nc1cccc(-n2ccnc2)c1)n1cnc2ccccc21. The zero-order valence-corrected chi connectivity index (χ0v) is 13.7. The number of nitrogens with zero attached hydrogens (tertiary/aromatic N) is 4. The maximum atomic E-state index is 12.7. The molecule has 1 unspecified atom stereocenters. The highest BCUT2D eigenvalue weighted by atomic mass is 16.2. The Morgan fingerprint density at radius 3 is 2.84 bits per heavy atom. The van der Waals surface area contributed by atoms with Crippen LogP contribution in [0.25, 0.3) is 16.7 Å². The van der Waals surface area contributed by atoms with Crippen LogP contribution in [0.1, 0.15) is 13.0 Å². The van der Waals surface area contributed by atoms with Gasteiger partial charge in [0.15, 0.2) is 0 Å².